The number of aromatic nitrogens is 2. The van der Waals surface area contributed by atoms with Crippen molar-refractivity contribution in [3.63, 3.8) is 0 Å². The zero-order chi connectivity index (χ0) is 18.7. The molecule has 0 fully saturated rings. The van der Waals surface area contributed by atoms with Gasteiger partial charge in [0, 0.05) is 37.1 Å². The summed E-state index contributed by atoms with van der Waals surface area (Å²) in [6.07, 6.45) is 5.57. The Balaban J connectivity index is 1.90. The molecule has 0 aliphatic carbocycles. The van der Waals surface area contributed by atoms with Crippen LogP contribution < -0.4 is 10.7 Å². The highest BCUT2D eigenvalue weighted by atomic mass is 19.1. The van der Waals surface area contributed by atoms with Crippen LogP contribution in [0, 0.1) is 12.7 Å². The summed E-state index contributed by atoms with van der Waals surface area (Å²) in [6, 6.07) is 6.34. The van der Waals surface area contributed by atoms with Gasteiger partial charge in [0.25, 0.3) is 5.91 Å². The van der Waals surface area contributed by atoms with E-state index in [-0.39, 0.29) is 10.9 Å². The number of amides is 1. The molecule has 134 valence electrons. The van der Waals surface area contributed by atoms with Crippen LogP contribution in [0.2, 0.25) is 0 Å². The van der Waals surface area contributed by atoms with Crippen LogP contribution >= 0.6 is 0 Å². The Kier molecular flexibility index (Phi) is 5.11. The van der Waals surface area contributed by atoms with Gasteiger partial charge in [0.1, 0.15) is 11.4 Å². The molecular weight excluding hydrogens is 333 g/mol. The lowest BCUT2D eigenvalue weighted by molar-refractivity contribution is 0.0952. The number of rotatable bonds is 5. The number of hydrogen-bond acceptors (Lipinski definition) is 3. The Morgan fingerprint density at radius 1 is 1.27 bits per heavy atom. The summed E-state index contributed by atoms with van der Waals surface area (Å²) in [5, 5.41) is 2.99. The van der Waals surface area contributed by atoms with Crippen molar-refractivity contribution in [1.29, 1.82) is 0 Å². The first kappa shape index (κ1) is 17.8. The van der Waals surface area contributed by atoms with Crippen LogP contribution in [0.25, 0.3) is 10.9 Å². The van der Waals surface area contributed by atoms with Gasteiger partial charge in [-0.3, -0.25) is 14.6 Å². The van der Waals surface area contributed by atoms with Crippen LogP contribution in [0.15, 0.2) is 47.7 Å². The van der Waals surface area contributed by atoms with Gasteiger partial charge < -0.3 is 9.88 Å². The van der Waals surface area contributed by atoms with Crippen LogP contribution in [0.4, 0.5) is 4.39 Å². The van der Waals surface area contributed by atoms with E-state index in [2.05, 4.69) is 10.3 Å². The predicted molar refractivity (Wildman–Crippen MR) is 98.9 cm³/mol. The normalized spacial score (nSPS) is 10.9. The van der Waals surface area contributed by atoms with Crippen molar-refractivity contribution >= 4 is 16.8 Å². The summed E-state index contributed by atoms with van der Waals surface area (Å²) < 4.78 is 15.6. The second-order valence-corrected chi connectivity index (χ2v) is 6.14. The van der Waals surface area contributed by atoms with E-state index in [9.17, 15) is 14.0 Å². The second kappa shape index (κ2) is 7.47. The molecule has 6 heteroatoms. The number of hydrogen-bond donors (Lipinski definition) is 1. The second-order valence-electron chi connectivity index (χ2n) is 6.14. The zero-order valence-electron chi connectivity index (χ0n) is 14.8. The number of pyridine rings is 2. The average molecular weight is 353 g/mol. The third-order valence-corrected chi connectivity index (χ3v) is 4.36. The highest BCUT2D eigenvalue weighted by Crippen LogP contribution is 2.18. The lowest BCUT2D eigenvalue weighted by Gasteiger charge is -2.14. The number of benzene rings is 1. The fourth-order valence-electron chi connectivity index (χ4n) is 3.09. The molecule has 0 aliphatic rings. The van der Waals surface area contributed by atoms with Crippen molar-refractivity contribution in [1.82, 2.24) is 14.9 Å². The Hall–Kier alpha value is -3.02. The van der Waals surface area contributed by atoms with Gasteiger partial charge >= 0.3 is 0 Å². The number of fused-ring (bicyclic) bond motifs is 1. The molecule has 26 heavy (non-hydrogen) atoms. The molecule has 0 unspecified atom stereocenters. The van der Waals surface area contributed by atoms with Crippen molar-refractivity contribution in [3.05, 3.63) is 75.6 Å². The summed E-state index contributed by atoms with van der Waals surface area (Å²) in [5.74, 6) is -0.930. The Morgan fingerprint density at radius 3 is 2.69 bits per heavy atom. The zero-order valence-corrected chi connectivity index (χ0v) is 14.8. The summed E-state index contributed by atoms with van der Waals surface area (Å²) in [6.45, 7) is 4.64. The molecule has 5 nitrogen and oxygen atoms in total. The molecule has 1 N–H and O–H groups in total. The smallest absolute Gasteiger partial charge is 0.256 e. The summed E-state index contributed by atoms with van der Waals surface area (Å²) in [5.41, 5.74) is 1.95. The maximum absolute atomic E-state index is 13.8. The highest BCUT2D eigenvalue weighted by molar-refractivity contribution is 5.97. The quantitative estimate of drug-likeness (QED) is 0.767. The van der Waals surface area contributed by atoms with Gasteiger partial charge in [-0.25, -0.2) is 4.39 Å². The van der Waals surface area contributed by atoms with Gasteiger partial charge in [-0.15, -0.1) is 0 Å². The molecule has 2 aromatic heterocycles. The van der Waals surface area contributed by atoms with Crippen molar-refractivity contribution in [2.24, 2.45) is 0 Å². The third-order valence-electron chi connectivity index (χ3n) is 4.36. The van der Waals surface area contributed by atoms with E-state index in [1.165, 1.54) is 12.1 Å². The van der Waals surface area contributed by atoms with Crippen LogP contribution in [0.3, 0.4) is 0 Å². The maximum atomic E-state index is 13.8. The van der Waals surface area contributed by atoms with E-state index in [1.54, 1.807) is 25.5 Å². The van der Waals surface area contributed by atoms with Gasteiger partial charge in [-0.05, 0) is 55.7 Å². The Morgan fingerprint density at radius 2 is 2.00 bits per heavy atom. The van der Waals surface area contributed by atoms with Gasteiger partial charge in [0.05, 0.1) is 5.52 Å². The van der Waals surface area contributed by atoms with E-state index in [4.69, 9.17) is 0 Å². The van der Waals surface area contributed by atoms with Crippen molar-refractivity contribution in [3.8, 4) is 0 Å². The van der Waals surface area contributed by atoms with Crippen LogP contribution in [0.5, 0.6) is 0 Å². The molecule has 0 saturated heterocycles. The molecule has 0 saturated carbocycles. The summed E-state index contributed by atoms with van der Waals surface area (Å²) in [4.78, 5) is 29.2. The third kappa shape index (κ3) is 3.49. The van der Waals surface area contributed by atoms with Crippen molar-refractivity contribution < 1.29 is 9.18 Å². The first-order valence-electron chi connectivity index (χ1n) is 8.51. The number of nitrogens with zero attached hydrogens (tertiary/aromatic N) is 2. The van der Waals surface area contributed by atoms with E-state index < -0.39 is 17.2 Å². The van der Waals surface area contributed by atoms with Crippen LogP contribution in [-0.4, -0.2) is 22.0 Å². The Bertz CT molecular complexity index is 1010. The monoisotopic (exact) mass is 353 g/mol. The van der Waals surface area contributed by atoms with Crippen molar-refractivity contribution in [2.45, 2.75) is 26.8 Å². The van der Waals surface area contributed by atoms with Gasteiger partial charge in [-0.2, -0.15) is 0 Å². The molecule has 0 aliphatic heterocycles. The maximum Gasteiger partial charge on any atom is 0.256 e. The molecule has 0 atom stereocenters. The van der Waals surface area contributed by atoms with Gasteiger partial charge in [0.15, 0.2) is 0 Å². The minimum atomic E-state index is -0.481. The number of halogens is 1. The minimum Gasteiger partial charge on any atom is -0.352 e. The lowest BCUT2D eigenvalue weighted by atomic mass is 10.1. The fraction of sp³-hybridized carbons (Fsp3) is 0.250. The standard InChI is InChI=1S/C20H20FN3O2/c1-3-24-12-17(19(25)16-11-15(21)10-13(2)18(16)24)20(26)23-9-6-14-4-7-22-8-5-14/h4-5,7-8,10-12H,3,6,9H2,1-2H3,(H,23,26). The SMILES string of the molecule is CCn1cc(C(=O)NCCc2ccncc2)c(=O)c2cc(F)cc(C)c21. The predicted octanol–water partition coefficient (Wildman–Crippen LogP) is 2.84. The first-order valence-corrected chi connectivity index (χ1v) is 8.51. The Labute approximate surface area is 150 Å². The highest BCUT2D eigenvalue weighted by Gasteiger charge is 2.16. The number of carbonyl (C=O) groups is 1. The minimum absolute atomic E-state index is 0.0269. The molecule has 1 amide bonds. The van der Waals surface area contributed by atoms with Crippen molar-refractivity contribution in [2.75, 3.05) is 6.54 Å². The van der Waals surface area contributed by atoms with Gasteiger partial charge in [-0.1, -0.05) is 0 Å². The molecule has 2 heterocycles. The van der Waals surface area contributed by atoms with E-state index in [0.717, 1.165) is 5.56 Å². The average Bonchev–Trinajstić information content (AvgIpc) is 2.63. The topological polar surface area (TPSA) is 64.0 Å². The fourth-order valence-corrected chi connectivity index (χ4v) is 3.09. The number of nitrogens with one attached hydrogen (secondary N) is 1. The number of carbonyl (C=O) groups excluding carboxylic acids is 1. The largest absolute Gasteiger partial charge is 0.352 e. The van der Waals surface area contributed by atoms with Crippen LogP contribution in [-0.2, 0) is 13.0 Å². The molecular formula is C20H20FN3O2. The molecule has 3 aromatic rings. The summed E-state index contributed by atoms with van der Waals surface area (Å²) >= 11 is 0. The van der Waals surface area contributed by atoms with E-state index >= 15 is 0 Å². The van der Waals surface area contributed by atoms with Gasteiger partial charge in [0.2, 0.25) is 5.43 Å². The molecule has 3 rings (SSSR count). The number of aryl methyl sites for hydroxylation is 2. The molecule has 0 bridgehead atoms. The van der Waals surface area contributed by atoms with Crippen LogP contribution in [0.1, 0.15) is 28.4 Å². The first-order chi connectivity index (χ1) is 12.5. The molecule has 0 radical (unpaired) electrons. The van der Waals surface area contributed by atoms with E-state index in [1.807, 2.05) is 23.6 Å². The lowest BCUT2D eigenvalue weighted by Crippen LogP contribution is -2.31. The summed E-state index contributed by atoms with van der Waals surface area (Å²) in [7, 11) is 0. The molecule has 1 aromatic carbocycles. The molecule has 0 spiro atoms. The van der Waals surface area contributed by atoms with E-state index in [0.29, 0.717) is 30.6 Å².